The van der Waals surface area contributed by atoms with Crippen LogP contribution in [0.2, 0.25) is 0 Å². The highest BCUT2D eigenvalue weighted by molar-refractivity contribution is 7.15. The molecule has 1 aromatic carbocycles. The van der Waals surface area contributed by atoms with Crippen LogP contribution in [0.4, 0.5) is 5.13 Å². The van der Waals surface area contributed by atoms with Gasteiger partial charge in [0.1, 0.15) is 10.8 Å². The van der Waals surface area contributed by atoms with Crippen molar-refractivity contribution in [2.75, 3.05) is 18.5 Å². The summed E-state index contributed by atoms with van der Waals surface area (Å²) >= 11 is 1.33. The molecule has 6 nitrogen and oxygen atoms in total. The number of carbonyl (C=O) groups is 1. The number of nitrogens with zero attached hydrogens (tertiary/aromatic N) is 2. The number of carbonyl (C=O) groups excluding carboxylic acids is 1. The van der Waals surface area contributed by atoms with E-state index >= 15 is 0 Å². The van der Waals surface area contributed by atoms with E-state index in [9.17, 15) is 4.79 Å². The molecule has 0 saturated carbocycles. The molecule has 2 rings (SSSR count). The molecular weight excluding hydrogens is 288 g/mol. The fraction of sp³-hybridized carbons (Fsp3) is 0.357. The summed E-state index contributed by atoms with van der Waals surface area (Å²) < 4.78 is 5.76. The summed E-state index contributed by atoms with van der Waals surface area (Å²) in [5.41, 5.74) is 7.49. The van der Waals surface area contributed by atoms with E-state index in [2.05, 4.69) is 21.6 Å². The van der Waals surface area contributed by atoms with Crippen LogP contribution in [-0.2, 0) is 11.2 Å². The van der Waals surface area contributed by atoms with Crippen molar-refractivity contribution >= 4 is 22.4 Å². The lowest BCUT2D eigenvalue weighted by Crippen LogP contribution is -2.21. The Morgan fingerprint density at radius 2 is 2.19 bits per heavy atom. The summed E-state index contributed by atoms with van der Waals surface area (Å²) in [5, 5.41) is 11.7. The van der Waals surface area contributed by atoms with Gasteiger partial charge in [-0.1, -0.05) is 23.5 Å². The Labute approximate surface area is 127 Å². The Morgan fingerprint density at radius 1 is 1.38 bits per heavy atom. The summed E-state index contributed by atoms with van der Waals surface area (Å²) in [7, 11) is 0. The largest absolute Gasteiger partial charge is 0.493 e. The maximum absolute atomic E-state index is 11.1. The second kappa shape index (κ2) is 7.14. The standard InChI is InChI=1S/C14H18N4O2S/c1-9-3-4-10(2)11(7-9)20-6-5-13-17-18-14(21-13)16-12(19)8-15/h3-4,7H,5-6,8,15H2,1-2H3,(H,16,18,19). The van der Waals surface area contributed by atoms with Crippen LogP contribution in [0, 0.1) is 13.8 Å². The highest BCUT2D eigenvalue weighted by atomic mass is 32.1. The summed E-state index contributed by atoms with van der Waals surface area (Å²) in [5.74, 6) is 0.612. The topological polar surface area (TPSA) is 90.1 Å². The first-order valence-electron chi connectivity index (χ1n) is 6.61. The van der Waals surface area contributed by atoms with Crippen LogP contribution >= 0.6 is 11.3 Å². The van der Waals surface area contributed by atoms with Crippen molar-refractivity contribution < 1.29 is 9.53 Å². The predicted octanol–water partition coefficient (Wildman–Crippen LogP) is 1.67. The smallest absolute Gasteiger partial charge is 0.239 e. The first-order valence-corrected chi connectivity index (χ1v) is 7.42. The first kappa shape index (κ1) is 15.4. The summed E-state index contributed by atoms with van der Waals surface area (Å²) in [6.45, 7) is 4.50. The van der Waals surface area contributed by atoms with Gasteiger partial charge < -0.3 is 10.5 Å². The van der Waals surface area contributed by atoms with Gasteiger partial charge in [0.2, 0.25) is 11.0 Å². The molecule has 0 spiro atoms. The Balaban J connectivity index is 1.86. The van der Waals surface area contributed by atoms with Crippen molar-refractivity contribution in [1.82, 2.24) is 10.2 Å². The molecule has 1 amide bonds. The molecule has 2 aromatic rings. The van der Waals surface area contributed by atoms with Crippen molar-refractivity contribution in [3.8, 4) is 5.75 Å². The Morgan fingerprint density at radius 3 is 2.95 bits per heavy atom. The van der Waals surface area contributed by atoms with E-state index in [-0.39, 0.29) is 12.5 Å². The number of rotatable bonds is 6. The molecule has 0 unspecified atom stereocenters. The second-order valence-corrected chi connectivity index (χ2v) is 5.68. The molecule has 0 bridgehead atoms. The number of nitrogens with one attached hydrogen (secondary N) is 1. The second-order valence-electron chi connectivity index (χ2n) is 4.62. The predicted molar refractivity (Wildman–Crippen MR) is 82.7 cm³/mol. The van der Waals surface area contributed by atoms with Crippen LogP contribution in [0.25, 0.3) is 0 Å². The molecule has 0 aliphatic carbocycles. The van der Waals surface area contributed by atoms with E-state index in [1.807, 2.05) is 26.0 Å². The maximum atomic E-state index is 11.1. The van der Waals surface area contributed by atoms with Crippen molar-refractivity contribution in [3.63, 3.8) is 0 Å². The molecule has 7 heteroatoms. The molecular formula is C14H18N4O2S. The minimum atomic E-state index is -0.274. The van der Waals surface area contributed by atoms with Gasteiger partial charge in [0.25, 0.3) is 0 Å². The van der Waals surface area contributed by atoms with Gasteiger partial charge in [0.15, 0.2) is 0 Å². The molecule has 0 fully saturated rings. The molecule has 0 atom stereocenters. The number of aryl methyl sites for hydroxylation is 2. The number of aromatic nitrogens is 2. The van der Waals surface area contributed by atoms with E-state index in [0.717, 1.165) is 16.3 Å². The quantitative estimate of drug-likeness (QED) is 0.847. The maximum Gasteiger partial charge on any atom is 0.239 e. The third-order valence-electron chi connectivity index (χ3n) is 2.82. The number of hydrogen-bond acceptors (Lipinski definition) is 6. The third-order valence-corrected chi connectivity index (χ3v) is 3.71. The highest BCUT2D eigenvalue weighted by Crippen LogP contribution is 2.20. The molecule has 0 radical (unpaired) electrons. The van der Waals surface area contributed by atoms with E-state index < -0.39 is 0 Å². The average Bonchev–Trinajstić information content (AvgIpc) is 2.90. The molecule has 112 valence electrons. The molecule has 1 aromatic heterocycles. The van der Waals surface area contributed by atoms with Crippen molar-refractivity contribution in [2.45, 2.75) is 20.3 Å². The van der Waals surface area contributed by atoms with Crippen LogP contribution in [-0.4, -0.2) is 29.3 Å². The highest BCUT2D eigenvalue weighted by Gasteiger charge is 2.07. The minimum Gasteiger partial charge on any atom is -0.493 e. The Bertz CT molecular complexity index is 627. The molecule has 3 N–H and O–H groups in total. The number of amides is 1. The normalized spacial score (nSPS) is 10.4. The van der Waals surface area contributed by atoms with Gasteiger partial charge in [0, 0.05) is 6.42 Å². The zero-order chi connectivity index (χ0) is 15.2. The van der Waals surface area contributed by atoms with Crippen molar-refractivity contribution in [3.05, 3.63) is 34.3 Å². The van der Waals surface area contributed by atoms with E-state index in [0.29, 0.717) is 18.2 Å². The van der Waals surface area contributed by atoms with Gasteiger partial charge >= 0.3 is 0 Å². The number of hydrogen-bond donors (Lipinski definition) is 2. The first-order chi connectivity index (χ1) is 10.1. The lowest BCUT2D eigenvalue weighted by molar-refractivity contribution is -0.114. The molecule has 0 saturated heterocycles. The van der Waals surface area contributed by atoms with Crippen LogP contribution < -0.4 is 15.8 Å². The van der Waals surface area contributed by atoms with Gasteiger partial charge in [0.05, 0.1) is 13.2 Å². The fourth-order valence-electron chi connectivity index (χ4n) is 1.69. The van der Waals surface area contributed by atoms with Crippen LogP contribution in [0.15, 0.2) is 18.2 Å². The number of nitrogens with two attached hydrogens (primary N) is 1. The van der Waals surface area contributed by atoms with E-state index in [4.69, 9.17) is 10.5 Å². The average molecular weight is 306 g/mol. The van der Waals surface area contributed by atoms with Crippen LogP contribution in [0.1, 0.15) is 16.1 Å². The number of ether oxygens (including phenoxy) is 1. The molecule has 21 heavy (non-hydrogen) atoms. The van der Waals surface area contributed by atoms with Crippen molar-refractivity contribution in [1.29, 1.82) is 0 Å². The van der Waals surface area contributed by atoms with Crippen LogP contribution in [0.3, 0.4) is 0 Å². The summed E-state index contributed by atoms with van der Waals surface area (Å²) in [6, 6.07) is 6.11. The molecule has 0 aliphatic heterocycles. The summed E-state index contributed by atoms with van der Waals surface area (Å²) in [4.78, 5) is 11.1. The van der Waals surface area contributed by atoms with Crippen LogP contribution in [0.5, 0.6) is 5.75 Å². The Hall–Kier alpha value is -1.99. The van der Waals surface area contributed by atoms with Gasteiger partial charge in [-0.3, -0.25) is 10.1 Å². The molecule has 1 heterocycles. The molecule has 0 aliphatic rings. The zero-order valence-electron chi connectivity index (χ0n) is 12.0. The SMILES string of the molecule is Cc1ccc(C)c(OCCc2nnc(NC(=O)CN)s2)c1. The summed E-state index contributed by atoms with van der Waals surface area (Å²) in [6.07, 6.45) is 0.642. The third kappa shape index (κ3) is 4.51. The lowest BCUT2D eigenvalue weighted by atomic mass is 10.1. The van der Waals surface area contributed by atoms with Crippen molar-refractivity contribution in [2.24, 2.45) is 5.73 Å². The van der Waals surface area contributed by atoms with Gasteiger partial charge in [-0.05, 0) is 31.0 Å². The zero-order valence-corrected chi connectivity index (χ0v) is 12.9. The van der Waals surface area contributed by atoms with E-state index in [1.54, 1.807) is 0 Å². The lowest BCUT2D eigenvalue weighted by Gasteiger charge is -2.08. The minimum absolute atomic E-state index is 0.0648. The van der Waals surface area contributed by atoms with Gasteiger partial charge in [-0.25, -0.2) is 0 Å². The van der Waals surface area contributed by atoms with E-state index in [1.165, 1.54) is 16.9 Å². The number of benzene rings is 1. The van der Waals surface area contributed by atoms with Gasteiger partial charge in [-0.15, -0.1) is 10.2 Å². The number of anilines is 1. The fourth-order valence-corrected chi connectivity index (χ4v) is 2.42. The monoisotopic (exact) mass is 306 g/mol. The Kier molecular flexibility index (Phi) is 5.24. The van der Waals surface area contributed by atoms with Gasteiger partial charge in [-0.2, -0.15) is 0 Å².